The van der Waals surface area contributed by atoms with E-state index >= 15 is 0 Å². The zero-order chi connectivity index (χ0) is 22.8. The van der Waals surface area contributed by atoms with Crippen molar-refractivity contribution in [2.24, 2.45) is 5.92 Å². The fourth-order valence-electron chi connectivity index (χ4n) is 3.39. The van der Waals surface area contributed by atoms with E-state index in [2.05, 4.69) is 9.88 Å². The van der Waals surface area contributed by atoms with Crippen LogP contribution in [0.4, 0.5) is 4.39 Å². The van der Waals surface area contributed by atoms with Crippen molar-refractivity contribution in [1.82, 2.24) is 14.4 Å². The van der Waals surface area contributed by atoms with Gasteiger partial charge in [0.25, 0.3) is 0 Å². The maximum absolute atomic E-state index is 13.4. The minimum Gasteiger partial charge on any atom is -0.296 e. The molecule has 0 aliphatic carbocycles. The average molecular weight is 447 g/mol. The molecule has 1 N–H and O–H groups in total. The van der Waals surface area contributed by atoms with Crippen LogP contribution in [-0.4, -0.2) is 23.9 Å². The van der Waals surface area contributed by atoms with Gasteiger partial charge in [0.1, 0.15) is 5.82 Å². The Hall–Kier alpha value is -3.11. The number of carbonyl (C=O) groups is 1. The van der Waals surface area contributed by atoms with Gasteiger partial charge >= 0.3 is 5.76 Å². The van der Waals surface area contributed by atoms with Crippen LogP contribution in [-0.2, 0) is 20.5 Å². The van der Waals surface area contributed by atoms with Gasteiger partial charge in [-0.3, -0.25) is 9.32 Å². The van der Waals surface area contributed by atoms with Gasteiger partial charge in [-0.1, -0.05) is 37.2 Å². The fourth-order valence-corrected chi connectivity index (χ4v) is 4.79. The van der Waals surface area contributed by atoms with E-state index in [9.17, 15) is 22.4 Å². The first kappa shape index (κ1) is 22.6. The van der Waals surface area contributed by atoms with Crippen molar-refractivity contribution in [2.45, 2.75) is 37.8 Å². The number of aromatic nitrogens is 2. The summed E-state index contributed by atoms with van der Waals surface area (Å²) >= 11 is 0. The summed E-state index contributed by atoms with van der Waals surface area (Å²) in [7, 11) is -4.22. The summed E-state index contributed by atoms with van der Waals surface area (Å²) in [6.45, 7) is 4.75. The summed E-state index contributed by atoms with van der Waals surface area (Å²) in [4.78, 5) is 25.6. The van der Waals surface area contributed by atoms with Crippen molar-refractivity contribution in [3.63, 3.8) is 0 Å². The zero-order valence-electron chi connectivity index (χ0n) is 17.2. The van der Waals surface area contributed by atoms with Crippen molar-refractivity contribution in [3.05, 3.63) is 71.0 Å². The number of ketones is 1. The summed E-state index contributed by atoms with van der Waals surface area (Å²) < 4.78 is 47.8. The Kier molecular flexibility index (Phi) is 6.23. The summed E-state index contributed by atoms with van der Waals surface area (Å²) in [6.07, 6.45) is -0.0519. The molecule has 1 aromatic heterocycles. The van der Waals surface area contributed by atoms with Gasteiger partial charge in [-0.05, 0) is 55.7 Å². The van der Waals surface area contributed by atoms with Gasteiger partial charge in [0.05, 0.1) is 4.90 Å². The van der Waals surface area contributed by atoms with E-state index in [0.717, 1.165) is 16.7 Å². The zero-order valence-corrected chi connectivity index (χ0v) is 18.0. The third-order valence-electron chi connectivity index (χ3n) is 4.73. The predicted molar refractivity (Wildman–Crippen MR) is 111 cm³/mol. The van der Waals surface area contributed by atoms with Gasteiger partial charge in [0, 0.05) is 5.56 Å². The van der Waals surface area contributed by atoms with E-state index < -0.39 is 33.0 Å². The predicted octanol–water partition coefficient (Wildman–Crippen LogP) is 2.91. The number of benzene rings is 2. The summed E-state index contributed by atoms with van der Waals surface area (Å²) in [5, 5.41) is 3.74. The normalized spacial score (nSPS) is 13.8. The first-order valence-electron chi connectivity index (χ1n) is 9.52. The number of sulfonamides is 1. The SMILES string of the molecule is CC(=O)C(CC(C)C)(NS(=O)(=O)c1ccccc1)n1c(-c2ccc(F)cc2)noc1=O. The Balaban J connectivity index is 2.26. The van der Waals surface area contributed by atoms with Crippen molar-refractivity contribution in [2.75, 3.05) is 0 Å². The van der Waals surface area contributed by atoms with Crippen LogP contribution >= 0.6 is 0 Å². The van der Waals surface area contributed by atoms with Crippen molar-refractivity contribution in [1.29, 1.82) is 0 Å². The molecule has 3 aromatic rings. The number of nitrogens with zero attached hydrogens (tertiary/aromatic N) is 2. The molecule has 0 radical (unpaired) electrons. The monoisotopic (exact) mass is 447 g/mol. The number of nitrogens with one attached hydrogen (secondary N) is 1. The highest BCUT2D eigenvalue weighted by atomic mass is 32.2. The Bertz CT molecular complexity index is 1230. The Morgan fingerprint density at radius 2 is 1.77 bits per heavy atom. The number of hydrogen-bond acceptors (Lipinski definition) is 6. The number of Topliss-reactive ketones (excluding diaryl/α,β-unsaturated/α-hetero) is 1. The van der Waals surface area contributed by atoms with Crippen LogP contribution in [0.3, 0.4) is 0 Å². The Morgan fingerprint density at radius 1 is 1.16 bits per heavy atom. The van der Waals surface area contributed by atoms with Crippen LogP contribution in [0, 0.1) is 11.7 Å². The molecular weight excluding hydrogens is 425 g/mol. The Labute approximate surface area is 178 Å². The van der Waals surface area contributed by atoms with Crippen molar-refractivity contribution < 1.29 is 22.1 Å². The van der Waals surface area contributed by atoms with E-state index in [1.54, 1.807) is 32.0 Å². The molecule has 1 unspecified atom stereocenters. The number of hydrogen-bond donors (Lipinski definition) is 1. The van der Waals surface area contributed by atoms with Gasteiger partial charge in [-0.2, -0.15) is 4.72 Å². The molecule has 2 aromatic carbocycles. The maximum atomic E-state index is 13.4. The molecule has 0 saturated heterocycles. The molecule has 0 spiro atoms. The van der Waals surface area contributed by atoms with Crippen LogP contribution < -0.4 is 10.5 Å². The molecular formula is C21H22FN3O5S. The quantitative estimate of drug-likeness (QED) is 0.568. The van der Waals surface area contributed by atoms with Gasteiger partial charge in [0.15, 0.2) is 17.3 Å². The standard InChI is InChI=1S/C21H22FN3O5S/c1-14(2)13-21(15(3)26,24-31(28,29)18-7-5-4-6-8-18)25-19(23-30-20(25)27)16-9-11-17(22)12-10-16/h4-12,14,24H,13H2,1-3H3. The lowest BCUT2D eigenvalue weighted by Gasteiger charge is -2.34. The minimum absolute atomic E-state index is 0.0519. The van der Waals surface area contributed by atoms with Gasteiger partial charge < -0.3 is 0 Å². The molecule has 0 aliphatic heterocycles. The van der Waals surface area contributed by atoms with Gasteiger partial charge in [0.2, 0.25) is 10.0 Å². The highest BCUT2D eigenvalue weighted by Gasteiger charge is 2.46. The van der Waals surface area contributed by atoms with Crippen LogP contribution in [0.15, 0.2) is 68.8 Å². The highest BCUT2D eigenvalue weighted by molar-refractivity contribution is 7.89. The van der Waals surface area contributed by atoms with Crippen LogP contribution in [0.5, 0.6) is 0 Å². The first-order chi connectivity index (χ1) is 14.6. The second-order valence-electron chi connectivity index (χ2n) is 7.55. The lowest BCUT2D eigenvalue weighted by molar-refractivity contribution is -0.127. The van der Waals surface area contributed by atoms with Crippen molar-refractivity contribution >= 4 is 15.8 Å². The molecule has 1 heterocycles. The molecule has 10 heteroatoms. The third kappa shape index (κ3) is 4.49. The molecule has 0 bridgehead atoms. The second kappa shape index (κ2) is 8.56. The number of rotatable bonds is 8. The molecule has 164 valence electrons. The molecule has 1 atom stereocenters. The molecule has 0 aliphatic rings. The maximum Gasteiger partial charge on any atom is 0.443 e. The average Bonchev–Trinajstić information content (AvgIpc) is 3.10. The van der Waals surface area contributed by atoms with Crippen LogP contribution in [0.2, 0.25) is 0 Å². The van der Waals surface area contributed by atoms with E-state index in [1.165, 1.54) is 31.2 Å². The van der Waals surface area contributed by atoms with E-state index in [0.29, 0.717) is 0 Å². The molecule has 0 amide bonds. The Morgan fingerprint density at radius 3 is 2.32 bits per heavy atom. The highest BCUT2D eigenvalue weighted by Crippen LogP contribution is 2.30. The molecule has 0 saturated carbocycles. The number of halogens is 1. The largest absolute Gasteiger partial charge is 0.443 e. The van der Waals surface area contributed by atoms with Gasteiger partial charge in [-0.15, -0.1) is 0 Å². The molecule has 8 nitrogen and oxygen atoms in total. The fraction of sp³-hybridized carbons (Fsp3) is 0.286. The molecule has 3 rings (SSSR count). The van der Waals surface area contributed by atoms with Crippen LogP contribution in [0.1, 0.15) is 27.2 Å². The van der Waals surface area contributed by atoms with E-state index in [-0.39, 0.29) is 28.6 Å². The van der Waals surface area contributed by atoms with Gasteiger partial charge in [-0.25, -0.2) is 22.2 Å². The molecule has 0 fully saturated rings. The van der Waals surface area contributed by atoms with E-state index in [1.807, 2.05) is 0 Å². The smallest absolute Gasteiger partial charge is 0.296 e. The lowest BCUT2D eigenvalue weighted by Crippen LogP contribution is -2.58. The second-order valence-corrected chi connectivity index (χ2v) is 9.23. The first-order valence-corrected chi connectivity index (χ1v) is 11.0. The van der Waals surface area contributed by atoms with Crippen molar-refractivity contribution in [3.8, 4) is 11.4 Å². The summed E-state index contributed by atoms with van der Waals surface area (Å²) in [6, 6.07) is 12.5. The number of carbonyl (C=O) groups excluding carboxylic acids is 1. The third-order valence-corrected chi connectivity index (χ3v) is 6.23. The topological polar surface area (TPSA) is 111 Å². The minimum atomic E-state index is -4.22. The summed E-state index contributed by atoms with van der Waals surface area (Å²) in [5.74, 6) is -2.46. The summed E-state index contributed by atoms with van der Waals surface area (Å²) in [5.41, 5.74) is -1.73. The lowest BCUT2D eigenvalue weighted by atomic mass is 9.94. The van der Waals surface area contributed by atoms with Crippen LogP contribution in [0.25, 0.3) is 11.4 Å². The molecule has 31 heavy (non-hydrogen) atoms. The van der Waals surface area contributed by atoms with E-state index in [4.69, 9.17) is 4.52 Å².